The molecule has 0 spiro atoms. The Labute approximate surface area is 164 Å². The Balaban J connectivity index is 1.44. The molecule has 0 aromatic carbocycles. The fourth-order valence-electron chi connectivity index (χ4n) is 3.02. The van der Waals surface area contributed by atoms with E-state index in [1.54, 1.807) is 11.6 Å². The highest BCUT2D eigenvalue weighted by Crippen LogP contribution is 2.30. The summed E-state index contributed by atoms with van der Waals surface area (Å²) in [4.78, 5) is 27.3. The van der Waals surface area contributed by atoms with Crippen molar-refractivity contribution in [3.05, 3.63) is 41.7 Å². The van der Waals surface area contributed by atoms with E-state index < -0.39 is 0 Å². The fourth-order valence-corrected chi connectivity index (χ4v) is 3.71. The van der Waals surface area contributed by atoms with Gasteiger partial charge in [-0.15, -0.1) is 21.5 Å². The van der Waals surface area contributed by atoms with E-state index in [0.29, 0.717) is 17.6 Å². The first-order valence-corrected chi connectivity index (χ1v) is 9.43. The molecule has 3 aromatic rings. The lowest BCUT2D eigenvalue weighted by Crippen LogP contribution is -2.24. The molecule has 4 heterocycles. The van der Waals surface area contributed by atoms with Crippen molar-refractivity contribution >= 4 is 28.3 Å². The van der Waals surface area contributed by atoms with Gasteiger partial charge in [-0.25, -0.2) is 19.6 Å². The number of anilines is 2. The van der Waals surface area contributed by atoms with Gasteiger partial charge in [-0.2, -0.15) is 5.26 Å². The number of amides is 1. The van der Waals surface area contributed by atoms with Crippen molar-refractivity contribution in [2.45, 2.75) is 18.9 Å². The zero-order chi connectivity index (χ0) is 19.3. The minimum atomic E-state index is -0.378. The molecular weight excluding hydrogens is 380 g/mol. The van der Waals surface area contributed by atoms with Crippen LogP contribution in [-0.2, 0) is 0 Å². The largest absolute Gasteiger partial charge is 0.300 e. The van der Waals surface area contributed by atoms with Gasteiger partial charge in [0, 0.05) is 11.6 Å². The smallest absolute Gasteiger partial charge is 0.289 e. The average Bonchev–Trinajstić information content (AvgIpc) is 3.44. The van der Waals surface area contributed by atoms with Crippen molar-refractivity contribution in [2.24, 2.45) is 0 Å². The van der Waals surface area contributed by atoms with Gasteiger partial charge in [0.15, 0.2) is 5.13 Å². The maximum Gasteiger partial charge on any atom is 0.289 e. The number of rotatable bonds is 6. The lowest BCUT2D eigenvalue weighted by Gasteiger charge is -2.21. The zero-order valence-electron chi connectivity index (χ0n) is 14.7. The topological polar surface area (TPSA) is 138 Å². The summed E-state index contributed by atoms with van der Waals surface area (Å²) in [5.41, 5.74) is 3.71. The maximum absolute atomic E-state index is 12.2. The van der Waals surface area contributed by atoms with E-state index in [-0.39, 0.29) is 17.6 Å². The van der Waals surface area contributed by atoms with Crippen LogP contribution < -0.4 is 10.7 Å². The number of thiazole rings is 1. The van der Waals surface area contributed by atoms with Crippen LogP contribution in [0, 0.1) is 11.3 Å². The molecule has 0 unspecified atom stereocenters. The first-order valence-electron chi connectivity index (χ1n) is 8.55. The summed E-state index contributed by atoms with van der Waals surface area (Å²) in [6.07, 6.45) is 6.43. The van der Waals surface area contributed by atoms with Gasteiger partial charge in [0.1, 0.15) is 18.3 Å². The van der Waals surface area contributed by atoms with E-state index in [9.17, 15) is 4.79 Å². The SMILES string of the molecule is N#CCN1CCC[C@H]1c1ccnc(Nc2nc(C(=O)Nn3cnnc3)cs2)n1. The summed E-state index contributed by atoms with van der Waals surface area (Å²) in [5.74, 6) is 0.0262. The van der Waals surface area contributed by atoms with E-state index in [1.807, 2.05) is 6.07 Å². The van der Waals surface area contributed by atoms with E-state index in [2.05, 4.69) is 46.9 Å². The second kappa shape index (κ2) is 8.07. The number of nitriles is 1. The molecule has 1 aliphatic rings. The van der Waals surface area contributed by atoms with E-state index >= 15 is 0 Å². The highest BCUT2D eigenvalue weighted by atomic mass is 32.1. The van der Waals surface area contributed by atoms with Crippen LogP contribution in [0.15, 0.2) is 30.3 Å². The molecular formula is C16H16N10OS. The molecule has 1 saturated heterocycles. The first kappa shape index (κ1) is 18.0. The number of nitrogens with one attached hydrogen (secondary N) is 2. The predicted molar refractivity (Wildman–Crippen MR) is 100 cm³/mol. The van der Waals surface area contributed by atoms with Crippen molar-refractivity contribution in [1.82, 2.24) is 34.7 Å². The molecule has 28 heavy (non-hydrogen) atoms. The summed E-state index contributed by atoms with van der Waals surface area (Å²) in [6, 6.07) is 4.19. The molecule has 3 aromatic heterocycles. The summed E-state index contributed by atoms with van der Waals surface area (Å²) in [6.45, 7) is 1.27. The van der Waals surface area contributed by atoms with Crippen LogP contribution in [-0.4, -0.2) is 53.7 Å². The molecule has 4 rings (SSSR count). The predicted octanol–water partition coefficient (Wildman–Crippen LogP) is 1.31. The minimum Gasteiger partial charge on any atom is -0.300 e. The van der Waals surface area contributed by atoms with Crippen molar-refractivity contribution < 1.29 is 4.79 Å². The second-order valence-corrected chi connectivity index (χ2v) is 6.92. The van der Waals surface area contributed by atoms with E-state index in [1.165, 1.54) is 28.7 Å². The normalized spacial score (nSPS) is 16.6. The molecule has 11 nitrogen and oxygen atoms in total. The Morgan fingerprint density at radius 3 is 3.04 bits per heavy atom. The van der Waals surface area contributed by atoms with Gasteiger partial charge in [0.2, 0.25) is 5.95 Å². The quantitative estimate of drug-likeness (QED) is 0.591. The third kappa shape index (κ3) is 3.95. The Bertz CT molecular complexity index is 995. The molecule has 0 aliphatic carbocycles. The highest BCUT2D eigenvalue weighted by Gasteiger charge is 2.27. The first-order chi connectivity index (χ1) is 13.7. The molecule has 2 N–H and O–H groups in total. The van der Waals surface area contributed by atoms with Crippen molar-refractivity contribution in [3.63, 3.8) is 0 Å². The van der Waals surface area contributed by atoms with Gasteiger partial charge in [0.25, 0.3) is 5.91 Å². The van der Waals surface area contributed by atoms with Gasteiger partial charge in [-0.3, -0.25) is 15.1 Å². The van der Waals surface area contributed by atoms with Crippen molar-refractivity contribution in [3.8, 4) is 6.07 Å². The van der Waals surface area contributed by atoms with E-state index in [4.69, 9.17) is 5.26 Å². The van der Waals surface area contributed by atoms with Gasteiger partial charge >= 0.3 is 0 Å². The van der Waals surface area contributed by atoms with Crippen LogP contribution in [0.2, 0.25) is 0 Å². The lowest BCUT2D eigenvalue weighted by molar-refractivity contribution is 0.100. The Hall–Kier alpha value is -3.43. The van der Waals surface area contributed by atoms with Crippen molar-refractivity contribution in [2.75, 3.05) is 23.8 Å². The summed E-state index contributed by atoms with van der Waals surface area (Å²) in [7, 11) is 0. The van der Waals surface area contributed by atoms with Crippen LogP contribution in [0.5, 0.6) is 0 Å². The number of likely N-dealkylation sites (tertiary alicyclic amines) is 1. The number of carbonyl (C=O) groups excluding carboxylic acids is 1. The zero-order valence-corrected chi connectivity index (χ0v) is 15.5. The van der Waals surface area contributed by atoms with Crippen LogP contribution in [0.3, 0.4) is 0 Å². The van der Waals surface area contributed by atoms with Gasteiger partial charge in [-0.1, -0.05) is 0 Å². The molecule has 1 amide bonds. The van der Waals surface area contributed by atoms with Gasteiger partial charge in [0.05, 0.1) is 24.3 Å². The average molecular weight is 396 g/mol. The number of hydrogen-bond acceptors (Lipinski definition) is 10. The summed E-state index contributed by atoms with van der Waals surface area (Å²) in [5, 5.41) is 21.4. The van der Waals surface area contributed by atoms with Crippen LogP contribution >= 0.6 is 11.3 Å². The minimum absolute atomic E-state index is 0.115. The Morgan fingerprint density at radius 1 is 1.36 bits per heavy atom. The van der Waals surface area contributed by atoms with Crippen LogP contribution in [0.25, 0.3) is 0 Å². The number of aromatic nitrogens is 6. The Kier molecular flexibility index (Phi) is 5.18. The monoisotopic (exact) mass is 396 g/mol. The maximum atomic E-state index is 12.2. The molecule has 1 fully saturated rings. The number of hydrogen-bond donors (Lipinski definition) is 2. The molecule has 0 saturated carbocycles. The van der Waals surface area contributed by atoms with Crippen molar-refractivity contribution in [1.29, 1.82) is 5.26 Å². The molecule has 0 radical (unpaired) electrons. The lowest BCUT2D eigenvalue weighted by atomic mass is 10.1. The second-order valence-electron chi connectivity index (χ2n) is 6.06. The van der Waals surface area contributed by atoms with Crippen LogP contribution in [0.4, 0.5) is 11.1 Å². The molecule has 1 atom stereocenters. The van der Waals surface area contributed by atoms with Gasteiger partial charge in [-0.05, 0) is 25.5 Å². The standard InChI is InChI=1S/C16H16N10OS/c17-4-7-25-6-1-2-13(25)11-3-5-18-15(21-11)23-16-22-12(8-28-16)14(27)24-26-9-19-20-10-26/h3,5,8-10,13H,1-2,6-7H2,(H,24,27)(H,18,21,22,23)/t13-/m0/s1. The van der Waals surface area contributed by atoms with Crippen LogP contribution in [0.1, 0.15) is 35.1 Å². The fraction of sp³-hybridized carbons (Fsp3) is 0.312. The third-order valence-corrected chi connectivity index (χ3v) is 5.02. The molecule has 0 bridgehead atoms. The molecule has 1 aliphatic heterocycles. The summed E-state index contributed by atoms with van der Waals surface area (Å²) < 4.78 is 1.34. The third-order valence-electron chi connectivity index (χ3n) is 4.26. The molecule has 12 heteroatoms. The summed E-state index contributed by atoms with van der Waals surface area (Å²) >= 11 is 1.28. The Morgan fingerprint density at radius 2 is 2.21 bits per heavy atom. The van der Waals surface area contributed by atoms with E-state index in [0.717, 1.165) is 25.1 Å². The molecule has 142 valence electrons. The highest BCUT2D eigenvalue weighted by molar-refractivity contribution is 7.14. The number of carbonyl (C=O) groups is 1. The van der Waals surface area contributed by atoms with Gasteiger partial charge < -0.3 is 5.32 Å². The number of nitrogens with zero attached hydrogens (tertiary/aromatic N) is 8.